The third kappa shape index (κ3) is 4.46. The van der Waals surface area contributed by atoms with Crippen LogP contribution >= 0.6 is 0 Å². The zero-order chi connectivity index (χ0) is 24.2. The molecule has 1 aliphatic rings. The third-order valence-electron chi connectivity index (χ3n) is 5.70. The number of rotatable bonds is 7. The number of aromatic nitrogens is 1. The van der Waals surface area contributed by atoms with E-state index in [1.165, 1.54) is 6.39 Å². The third-order valence-corrected chi connectivity index (χ3v) is 5.70. The summed E-state index contributed by atoms with van der Waals surface area (Å²) in [6.45, 7) is 2.85. The molecular formula is C27H23N3O5. The molecule has 0 saturated carbocycles. The van der Waals surface area contributed by atoms with Crippen LogP contribution in [-0.2, 0) is 6.54 Å². The summed E-state index contributed by atoms with van der Waals surface area (Å²) in [6.07, 6.45) is 1.21. The van der Waals surface area contributed by atoms with Crippen molar-refractivity contribution in [2.75, 3.05) is 18.2 Å². The largest absolute Gasteiger partial charge is 0.454 e. The lowest BCUT2D eigenvalue weighted by Crippen LogP contribution is -2.31. The number of oxazole rings is 1. The molecule has 0 bridgehead atoms. The topological polar surface area (TPSA) is 93.9 Å². The molecule has 0 radical (unpaired) electrons. The molecule has 2 amide bonds. The van der Waals surface area contributed by atoms with Crippen molar-refractivity contribution < 1.29 is 23.5 Å². The van der Waals surface area contributed by atoms with E-state index in [1.807, 2.05) is 49.4 Å². The van der Waals surface area contributed by atoms with Gasteiger partial charge in [-0.15, -0.1) is 0 Å². The standard InChI is InChI=1S/C27H23N3O5/c1-2-30(19-8-4-3-5-9-19)27(32)21-11-7-6-10-20(21)25-24(29-16-33-25)26(31)28-15-18-12-13-22-23(14-18)35-17-34-22/h3-14,16H,2,15,17H2,1H3,(H,28,31). The van der Waals surface area contributed by atoms with E-state index in [9.17, 15) is 9.59 Å². The van der Waals surface area contributed by atoms with E-state index >= 15 is 0 Å². The number of hydrogen-bond donors (Lipinski definition) is 1. The first-order valence-electron chi connectivity index (χ1n) is 11.2. The van der Waals surface area contributed by atoms with Gasteiger partial charge in [-0.05, 0) is 42.8 Å². The monoisotopic (exact) mass is 469 g/mol. The van der Waals surface area contributed by atoms with Gasteiger partial charge in [0.05, 0.1) is 5.56 Å². The summed E-state index contributed by atoms with van der Waals surface area (Å²) in [5, 5.41) is 2.86. The van der Waals surface area contributed by atoms with Gasteiger partial charge in [0.25, 0.3) is 11.8 Å². The summed E-state index contributed by atoms with van der Waals surface area (Å²) >= 11 is 0. The number of hydrogen-bond acceptors (Lipinski definition) is 6. The lowest BCUT2D eigenvalue weighted by Gasteiger charge is -2.22. The molecule has 4 aromatic rings. The Morgan fingerprint density at radius 3 is 2.57 bits per heavy atom. The van der Waals surface area contributed by atoms with Crippen molar-refractivity contribution in [3.8, 4) is 22.8 Å². The van der Waals surface area contributed by atoms with E-state index in [-0.39, 0.29) is 30.7 Å². The molecule has 8 heteroatoms. The second-order valence-corrected chi connectivity index (χ2v) is 7.83. The Kier molecular flexibility index (Phi) is 6.17. The smallest absolute Gasteiger partial charge is 0.274 e. The number of ether oxygens (including phenoxy) is 2. The summed E-state index contributed by atoms with van der Waals surface area (Å²) in [5.41, 5.74) is 2.66. The highest BCUT2D eigenvalue weighted by molar-refractivity contribution is 6.11. The fourth-order valence-corrected chi connectivity index (χ4v) is 3.98. The normalized spacial score (nSPS) is 11.8. The maximum Gasteiger partial charge on any atom is 0.274 e. The molecule has 5 rings (SSSR count). The van der Waals surface area contributed by atoms with Gasteiger partial charge >= 0.3 is 0 Å². The van der Waals surface area contributed by atoms with Crippen LogP contribution in [0, 0.1) is 0 Å². The molecule has 0 aliphatic carbocycles. The molecule has 0 fully saturated rings. The Morgan fingerprint density at radius 1 is 0.971 bits per heavy atom. The van der Waals surface area contributed by atoms with Crippen LogP contribution in [0.25, 0.3) is 11.3 Å². The Hall–Kier alpha value is -4.59. The highest BCUT2D eigenvalue weighted by atomic mass is 16.7. The quantitative estimate of drug-likeness (QED) is 0.423. The van der Waals surface area contributed by atoms with Gasteiger partial charge in [-0.2, -0.15) is 0 Å². The first-order valence-corrected chi connectivity index (χ1v) is 11.2. The maximum atomic E-state index is 13.5. The average Bonchev–Trinajstić information content (AvgIpc) is 3.58. The molecule has 0 unspecified atom stereocenters. The highest BCUT2D eigenvalue weighted by Crippen LogP contribution is 2.33. The number of nitrogens with zero attached hydrogens (tertiary/aromatic N) is 2. The minimum absolute atomic E-state index is 0.105. The minimum Gasteiger partial charge on any atom is -0.454 e. The molecule has 1 N–H and O–H groups in total. The molecule has 1 aliphatic heterocycles. The number of anilines is 1. The molecule has 3 aromatic carbocycles. The van der Waals surface area contributed by atoms with E-state index in [2.05, 4.69) is 10.3 Å². The van der Waals surface area contributed by atoms with Crippen molar-refractivity contribution in [3.05, 3.63) is 96.0 Å². The molecule has 35 heavy (non-hydrogen) atoms. The molecular weight excluding hydrogens is 446 g/mol. The molecule has 8 nitrogen and oxygen atoms in total. The zero-order valence-electron chi connectivity index (χ0n) is 19.1. The number of amides is 2. The first kappa shape index (κ1) is 22.2. The first-order chi connectivity index (χ1) is 17.2. The average molecular weight is 469 g/mol. The van der Waals surface area contributed by atoms with Gasteiger partial charge in [0.1, 0.15) is 0 Å². The van der Waals surface area contributed by atoms with E-state index in [0.717, 1.165) is 11.3 Å². The summed E-state index contributed by atoms with van der Waals surface area (Å²) in [5.74, 6) is 0.949. The van der Waals surface area contributed by atoms with Crippen molar-refractivity contribution in [3.63, 3.8) is 0 Å². The molecule has 1 aromatic heterocycles. The number of fused-ring (bicyclic) bond motifs is 1. The van der Waals surface area contributed by atoms with Crippen molar-refractivity contribution in [2.24, 2.45) is 0 Å². The maximum absolute atomic E-state index is 13.5. The minimum atomic E-state index is -0.413. The Morgan fingerprint density at radius 2 is 1.74 bits per heavy atom. The van der Waals surface area contributed by atoms with Gasteiger partial charge in [-0.1, -0.05) is 42.5 Å². The molecule has 0 spiro atoms. The van der Waals surface area contributed by atoms with Crippen LogP contribution in [0.4, 0.5) is 5.69 Å². The van der Waals surface area contributed by atoms with Gasteiger partial charge < -0.3 is 24.1 Å². The number of carbonyl (C=O) groups excluding carboxylic acids is 2. The van der Waals surface area contributed by atoms with Gasteiger partial charge in [0, 0.05) is 24.3 Å². The van der Waals surface area contributed by atoms with Crippen LogP contribution in [0.2, 0.25) is 0 Å². The predicted molar refractivity (Wildman–Crippen MR) is 129 cm³/mol. The van der Waals surface area contributed by atoms with E-state index < -0.39 is 5.91 Å². The lowest BCUT2D eigenvalue weighted by atomic mass is 10.0. The molecule has 176 valence electrons. The highest BCUT2D eigenvalue weighted by Gasteiger charge is 2.25. The second-order valence-electron chi connectivity index (χ2n) is 7.83. The Labute approximate surface area is 202 Å². The Bertz CT molecular complexity index is 1370. The zero-order valence-corrected chi connectivity index (χ0v) is 19.1. The number of carbonyl (C=O) groups is 2. The van der Waals surface area contributed by atoms with Crippen LogP contribution in [0.1, 0.15) is 33.3 Å². The van der Waals surface area contributed by atoms with Crippen LogP contribution in [-0.4, -0.2) is 30.1 Å². The fourth-order valence-electron chi connectivity index (χ4n) is 3.98. The van der Waals surface area contributed by atoms with Crippen molar-refractivity contribution in [2.45, 2.75) is 13.5 Å². The van der Waals surface area contributed by atoms with Gasteiger partial charge in [-0.3, -0.25) is 9.59 Å². The van der Waals surface area contributed by atoms with Gasteiger partial charge in [0.15, 0.2) is 29.3 Å². The number of benzene rings is 3. The van der Waals surface area contributed by atoms with Crippen molar-refractivity contribution in [1.82, 2.24) is 10.3 Å². The van der Waals surface area contributed by atoms with Crippen LogP contribution < -0.4 is 19.7 Å². The number of nitrogens with one attached hydrogen (secondary N) is 1. The van der Waals surface area contributed by atoms with Gasteiger partial charge in [-0.25, -0.2) is 4.98 Å². The summed E-state index contributed by atoms with van der Waals surface area (Å²) in [7, 11) is 0. The van der Waals surface area contributed by atoms with Crippen LogP contribution in [0.3, 0.4) is 0 Å². The van der Waals surface area contributed by atoms with Crippen LogP contribution in [0.15, 0.2) is 83.6 Å². The van der Waals surface area contributed by atoms with Crippen LogP contribution in [0.5, 0.6) is 11.5 Å². The summed E-state index contributed by atoms with van der Waals surface area (Å²) in [6, 6.07) is 22.0. The molecule has 2 heterocycles. The van der Waals surface area contributed by atoms with Gasteiger partial charge in [0.2, 0.25) is 6.79 Å². The van der Waals surface area contributed by atoms with Crippen molar-refractivity contribution >= 4 is 17.5 Å². The summed E-state index contributed by atoms with van der Waals surface area (Å²) in [4.78, 5) is 32.3. The van der Waals surface area contributed by atoms with E-state index in [1.54, 1.807) is 35.2 Å². The SMILES string of the molecule is CCN(C(=O)c1ccccc1-c1ocnc1C(=O)NCc1ccc2c(c1)OCO2)c1ccccc1. The summed E-state index contributed by atoms with van der Waals surface area (Å²) < 4.78 is 16.3. The Balaban J connectivity index is 1.39. The lowest BCUT2D eigenvalue weighted by molar-refractivity contribution is 0.0944. The van der Waals surface area contributed by atoms with E-state index in [0.29, 0.717) is 29.2 Å². The number of para-hydroxylation sites is 1. The van der Waals surface area contributed by atoms with Crippen molar-refractivity contribution in [1.29, 1.82) is 0 Å². The predicted octanol–water partition coefficient (Wildman–Crippen LogP) is 4.67. The van der Waals surface area contributed by atoms with E-state index in [4.69, 9.17) is 13.9 Å². The second kappa shape index (κ2) is 9.72. The molecule has 0 atom stereocenters. The molecule has 0 saturated heterocycles. The fraction of sp³-hybridized carbons (Fsp3) is 0.148.